The zero-order valence-corrected chi connectivity index (χ0v) is 44.8. The van der Waals surface area contributed by atoms with Crippen LogP contribution in [0.15, 0.2) is 42.5 Å². The lowest BCUT2D eigenvalue weighted by Crippen LogP contribution is -2.51. The largest absolute Gasteiger partial charge is 0.453 e. The molecular formula is C56H65F6N11O6. The van der Waals surface area contributed by atoms with Crippen molar-refractivity contribution in [3.8, 4) is 0 Å². The topological polar surface area (TPSA) is 184 Å². The molecule has 2 aromatic heterocycles. The van der Waals surface area contributed by atoms with Gasteiger partial charge in [0.15, 0.2) is 11.6 Å². The van der Waals surface area contributed by atoms with E-state index in [1.165, 1.54) is 42.2 Å². The molecule has 422 valence electrons. The fourth-order valence-corrected chi connectivity index (χ4v) is 12.4. The van der Waals surface area contributed by atoms with Gasteiger partial charge >= 0.3 is 12.2 Å². The van der Waals surface area contributed by atoms with Crippen molar-refractivity contribution in [1.82, 2.24) is 40.4 Å². The second-order valence-corrected chi connectivity index (χ2v) is 21.8. The summed E-state index contributed by atoms with van der Waals surface area (Å²) in [5, 5.41) is 6.07. The fourth-order valence-electron chi connectivity index (χ4n) is 12.4. The van der Waals surface area contributed by atoms with Crippen molar-refractivity contribution >= 4 is 64.2 Å². The first-order valence-corrected chi connectivity index (χ1v) is 27.0. The fraction of sp³-hybridized carbons (Fsp3) is 0.500. The molecule has 3 aromatic carbocycles. The first kappa shape index (κ1) is 54.9. The van der Waals surface area contributed by atoms with Gasteiger partial charge < -0.3 is 54.6 Å². The maximum Gasteiger partial charge on any atom is 0.407 e. The van der Waals surface area contributed by atoms with E-state index >= 15 is 17.6 Å². The molecule has 0 radical (unpaired) electrons. The molecule has 3 unspecified atom stereocenters. The number of nitrogens with zero attached hydrogens (tertiary/aromatic N) is 7. The number of H-pyrrole nitrogens is 2. The number of likely N-dealkylation sites (tertiary alicyclic amines) is 2. The van der Waals surface area contributed by atoms with Crippen LogP contribution in [0.1, 0.15) is 102 Å². The van der Waals surface area contributed by atoms with Gasteiger partial charge in [-0.1, -0.05) is 33.8 Å². The number of fused-ring (bicyclic) bond motifs is 2. The van der Waals surface area contributed by atoms with Gasteiger partial charge in [-0.05, 0) is 98.9 Å². The number of alkyl carbamates (subject to hydrolysis) is 2. The normalized spacial score (nSPS) is 23.0. The number of imidazole rings is 2. The van der Waals surface area contributed by atoms with Gasteiger partial charge in [0.2, 0.25) is 11.8 Å². The number of methoxy groups -OCH3 is 2. The molecule has 0 spiro atoms. The SMILES string of the molecule is COC(=O)N[C@H](C(=O)N1CCCC1c1nc2c([nH]1)=CC(F)C([C@@H]1CC[C@@H](c3cc4nc([C@@H]5CCCN5C(=O)[C@@H](NC(=O)OC)C(C)C)[nH]c4cc3F)N1c1cc(F)c(N3CCN(c4c(F)cccc4F)CC3)c(F)c1)C=2)C(C)C. The Hall–Kier alpha value is -7.46. The molecule has 4 fully saturated rings. The van der Waals surface area contributed by atoms with Gasteiger partial charge in [-0.3, -0.25) is 9.59 Å². The minimum absolute atomic E-state index is 0.0235. The molecule has 0 saturated carbocycles. The van der Waals surface area contributed by atoms with Gasteiger partial charge in [-0.15, -0.1) is 0 Å². The Kier molecular flexibility index (Phi) is 15.5. The van der Waals surface area contributed by atoms with Crippen LogP contribution in [0.3, 0.4) is 0 Å². The number of carbonyl (C=O) groups is 4. The van der Waals surface area contributed by atoms with E-state index in [2.05, 4.69) is 20.6 Å². The number of aromatic amines is 2. The number of rotatable bonds is 13. The average Bonchev–Trinajstić information content (AvgIpc) is 4.41. The quantitative estimate of drug-likeness (QED) is 0.0866. The Morgan fingerprint density at radius 3 is 1.70 bits per heavy atom. The van der Waals surface area contributed by atoms with E-state index in [9.17, 15) is 28.0 Å². The number of benzene rings is 3. The molecule has 17 nitrogen and oxygen atoms in total. The third-order valence-corrected chi connectivity index (χ3v) is 16.3. The number of piperazine rings is 1. The van der Waals surface area contributed by atoms with Crippen LogP contribution in [0.5, 0.6) is 0 Å². The van der Waals surface area contributed by atoms with Crippen LogP contribution in [0, 0.1) is 46.8 Å². The summed E-state index contributed by atoms with van der Waals surface area (Å²) in [6.45, 7) is 8.21. The highest BCUT2D eigenvalue weighted by Gasteiger charge is 2.45. The molecule has 79 heavy (non-hydrogen) atoms. The molecular weight excluding hydrogens is 1040 g/mol. The molecule has 8 atom stereocenters. The van der Waals surface area contributed by atoms with Gasteiger partial charge in [-0.2, -0.15) is 0 Å². The summed E-state index contributed by atoms with van der Waals surface area (Å²) in [5.41, 5.74) is 0.294. The number of nitrogens with one attached hydrogen (secondary N) is 4. The standard InChI is InChI=1S/C56H65F6N11O6/c1-28(2)47(67-55(76)78-5)53(74)71-16-8-12-45(71)51-63-39-24-31(35(59)26-41(39)65-51)43-14-15-44(73(43)30-22-37(61)50(38(62)23-30)70-20-18-69(19-21-70)49-33(57)10-7-11-34(49)58)32-25-40-42(27-36(32)60)66-52(64-40)46-13-9-17-72(46)54(75)48(29(3)4)68-56(77)79-6/h7,10-11,22-29,31,35,43-48H,8-9,12-21H2,1-6H3,(H,63,65)(H,64,66)(H,67,76)(H,68,77)/t31?,35?,43-,44-,45?,46-,47-,48-/m0/s1. The lowest BCUT2D eigenvalue weighted by atomic mass is 9.89. The predicted octanol–water partition coefficient (Wildman–Crippen LogP) is 7.34. The minimum Gasteiger partial charge on any atom is -0.453 e. The van der Waals surface area contributed by atoms with Crippen molar-refractivity contribution in [3.63, 3.8) is 0 Å². The van der Waals surface area contributed by atoms with Crippen LogP contribution in [0.4, 0.5) is 53.0 Å². The molecule has 10 rings (SSSR count). The number of carbonyl (C=O) groups excluding carboxylic acids is 4. The molecule has 0 bridgehead atoms. The third-order valence-electron chi connectivity index (χ3n) is 16.3. The summed E-state index contributed by atoms with van der Waals surface area (Å²) >= 11 is 0. The molecule has 4 saturated heterocycles. The van der Waals surface area contributed by atoms with Crippen molar-refractivity contribution in [2.24, 2.45) is 17.8 Å². The van der Waals surface area contributed by atoms with Crippen molar-refractivity contribution in [1.29, 1.82) is 0 Å². The van der Waals surface area contributed by atoms with Gasteiger partial charge in [0.25, 0.3) is 0 Å². The van der Waals surface area contributed by atoms with Gasteiger partial charge in [0.1, 0.15) is 58.7 Å². The third kappa shape index (κ3) is 10.5. The Balaban J connectivity index is 0.986. The summed E-state index contributed by atoms with van der Waals surface area (Å²) in [5.74, 6) is -5.38. The number of anilines is 3. The summed E-state index contributed by atoms with van der Waals surface area (Å²) in [6, 6.07) is 4.21. The van der Waals surface area contributed by atoms with Crippen LogP contribution in [0.2, 0.25) is 0 Å². The Morgan fingerprint density at radius 1 is 0.633 bits per heavy atom. The number of alkyl halides is 1. The smallest absolute Gasteiger partial charge is 0.407 e. The van der Waals surface area contributed by atoms with E-state index in [0.717, 1.165) is 24.3 Å². The molecule has 1 aliphatic carbocycles. The molecule has 4 aliphatic heterocycles. The van der Waals surface area contributed by atoms with Crippen molar-refractivity contribution < 1.29 is 55.0 Å². The van der Waals surface area contributed by atoms with E-state index in [1.54, 1.807) is 26.8 Å². The average molecular weight is 1100 g/mol. The monoisotopic (exact) mass is 1100 g/mol. The van der Waals surface area contributed by atoms with Crippen LogP contribution < -0.4 is 36.0 Å². The maximum absolute atomic E-state index is 17.1. The highest BCUT2D eigenvalue weighted by atomic mass is 19.2. The zero-order valence-electron chi connectivity index (χ0n) is 44.8. The maximum atomic E-state index is 17.1. The molecule has 6 heterocycles. The minimum atomic E-state index is -1.66. The number of para-hydroxylation sites is 1. The second kappa shape index (κ2) is 22.4. The van der Waals surface area contributed by atoms with E-state index in [0.29, 0.717) is 72.2 Å². The molecule has 23 heteroatoms. The highest BCUT2D eigenvalue weighted by Crippen LogP contribution is 2.47. The Bertz CT molecular complexity index is 3230. The number of hydrogen-bond donors (Lipinski definition) is 4. The summed E-state index contributed by atoms with van der Waals surface area (Å²) in [4.78, 5) is 76.6. The predicted molar refractivity (Wildman–Crippen MR) is 282 cm³/mol. The Morgan fingerprint density at radius 2 is 1.16 bits per heavy atom. The molecule has 4 amide bonds. The van der Waals surface area contributed by atoms with Crippen LogP contribution in [-0.4, -0.2) is 132 Å². The van der Waals surface area contributed by atoms with Gasteiger partial charge in [0.05, 0.1) is 54.1 Å². The number of amides is 4. The number of hydrogen-bond acceptors (Lipinski definition) is 11. The zero-order chi connectivity index (χ0) is 56.1. The summed E-state index contributed by atoms with van der Waals surface area (Å²) in [6.07, 6.45) is 2.78. The first-order valence-electron chi connectivity index (χ1n) is 27.0. The molecule has 5 aromatic rings. The Labute approximate surface area is 452 Å². The summed E-state index contributed by atoms with van der Waals surface area (Å²) < 4.78 is 107. The van der Waals surface area contributed by atoms with Crippen molar-refractivity contribution in [2.45, 2.75) is 109 Å². The van der Waals surface area contributed by atoms with Crippen molar-refractivity contribution in [3.05, 3.63) is 99.5 Å². The van der Waals surface area contributed by atoms with Gasteiger partial charge in [0, 0.05) is 62.5 Å². The van der Waals surface area contributed by atoms with Crippen LogP contribution in [0.25, 0.3) is 23.2 Å². The van der Waals surface area contributed by atoms with Gasteiger partial charge in [-0.25, -0.2) is 45.9 Å². The first-order chi connectivity index (χ1) is 37.8. The second-order valence-electron chi connectivity index (χ2n) is 21.8. The van der Waals surface area contributed by atoms with E-state index < -0.39 is 89.6 Å². The van der Waals surface area contributed by atoms with Crippen molar-refractivity contribution in [2.75, 3.05) is 68.2 Å². The van der Waals surface area contributed by atoms with E-state index in [1.807, 2.05) is 27.7 Å². The molecule has 5 aliphatic rings. The van der Waals surface area contributed by atoms with E-state index in [4.69, 9.17) is 19.4 Å². The van der Waals surface area contributed by atoms with E-state index in [-0.39, 0.29) is 85.3 Å². The lowest BCUT2D eigenvalue weighted by Gasteiger charge is -2.39. The highest BCUT2D eigenvalue weighted by molar-refractivity contribution is 5.87. The lowest BCUT2D eigenvalue weighted by molar-refractivity contribution is -0.136. The van der Waals surface area contributed by atoms with Crippen LogP contribution >= 0.6 is 0 Å². The molecule has 4 N–H and O–H groups in total. The number of ether oxygens (including phenoxy) is 2. The number of aromatic nitrogens is 4. The van der Waals surface area contributed by atoms with Crippen LogP contribution in [-0.2, 0) is 19.1 Å². The number of halogens is 6. The summed E-state index contributed by atoms with van der Waals surface area (Å²) in [7, 11) is 2.43.